The quantitative estimate of drug-likeness (QED) is 0.844. The number of hydrogen-bond donors (Lipinski definition) is 1. The maximum absolute atomic E-state index is 12.3. The number of hydrogen-bond acceptors (Lipinski definition) is 2. The molecule has 0 aromatic heterocycles. The lowest BCUT2D eigenvalue weighted by molar-refractivity contribution is -0.274. The Kier molecular flexibility index (Phi) is 3.54. The summed E-state index contributed by atoms with van der Waals surface area (Å²) in [6.07, 6.45) is -7.95. The van der Waals surface area contributed by atoms with Gasteiger partial charge in [-0.3, -0.25) is 4.79 Å². The van der Waals surface area contributed by atoms with Crippen molar-refractivity contribution in [2.75, 3.05) is 0 Å². The smallest absolute Gasteiger partial charge is 0.405 e. The van der Waals surface area contributed by atoms with Crippen molar-refractivity contribution in [2.24, 2.45) is 5.73 Å². The van der Waals surface area contributed by atoms with Gasteiger partial charge in [0.15, 0.2) is 0 Å². The molecule has 0 aliphatic rings. The van der Waals surface area contributed by atoms with Crippen LogP contribution in [0.2, 0.25) is 0 Å². The second kappa shape index (κ2) is 4.56. The Bertz CT molecular complexity index is 430. The Labute approximate surface area is 92.0 Å². The molecule has 94 valence electrons. The van der Waals surface area contributed by atoms with Crippen LogP contribution in [0.3, 0.4) is 0 Å². The summed E-state index contributed by atoms with van der Waals surface area (Å²) in [5.41, 5.74) is 3.40. The number of halogens is 5. The number of benzene rings is 1. The maximum Gasteiger partial charge on any atom is 0.573 e. The van der Waals surface area contributed by atoms with E-state index in [0.717, 1.165) is 6.07 Å². The van der Waals surface area contributed by atoms with Crippen LogP contribution >= 0.6 is 0 Å². The summed E-state index contributed by atoms with van der Waals surface area (Å²) in [4.78, 5) is 10.8. The van der Waals surface area contributed by atoms with Gasteiger partial charge in [0, 0.05) is 5.56 Å². The van der Waals surface area contributed by atoms with E-state index in [1.165, 1.54) is 0 Å². The first-order valence-electron chi connectivity index (χ1n) is 4.18. The highest BCUT2D eigenvalue weighted by molar-refractivity contribution is 5.95. The number of carbonyl (C=O) groups excluding carboxylic acids is 1. The zero-order chi connectivity index (χ0) is 13.2. The first-order valence-corrected chi connectivity index (χ1v) is 4.18. The van der Waals surface area contributed by atoms with Crippen LogP contribution in [0.5, 0.6) is 5.75 Å². The summed E-state index contributed by atoms with van der Waals surface area (Å²) in [6, 6.07) is 1.90. The third-order valence-electron chi connectivity index (χ3n) is 1.75. The van der Waals surface area contributed by atoms with Crippen molar-refractivity contribution in [2.45, 2.75) is 12.8 Å². The minimum atomic E-state index is -5.03. The van der Waals surface area contributed by atoms with E-state index in [9.17, 15) is 26.7 Å². The number of nitrogens with two attached hydrogens (primary N) is 1. The fourth-order valence-corrected chi connectivity index (χ4v) is 1.09. The van der Waals surface area contributed by atoms with E-state index in [2.05, 4.69) is 4.74 Å². The minimum Gasteiger partial charge on any atom is -0.405 e. The van der Waals surface area contributed by atoms with E-state index in [1.54, 1.807) is 0 Å². The molecule has 3 nitrogen and oxygen atoms in total. The normalized spacial score (nSPS) is 11.6. The van der Waals surface area contributed by atoms with Crippen LogP contribution in [0.15, 0.2) is 18.2 Å². The van der Waals surface area contributed by atoms with Crippen molar-refractivity contribution in [1.29, 1.82) is 0 Å². The van der Waals surface area contributed by atoms with Gasteiger partial charge in [0.05, 0.1) is 5.56 Å². The Hall–Kier alpha value is -1.86. The average molecular weight is 255 g/mol. The van der Waals surface area contributed by atoms with Crippen LogP contribution < -0.4 is 10.5 Å². The summed E-state index contributed by atoms with van der Waals surface area (Å²) in [7, 11) is 0. The molecule has 0 fully saturated rings. The number of primary amides is 1. The molecule has 0 spiro atoms. The van der Waals surface area contributed by atoms with E-state index in [4.69, 9.17) is 5.73 Å². The minimum absolute atomic E-state index is 0.564. The fourth-order valence-electron chi connectivity index (χ4n) is 1.09. The molecule has 0 saturated carbocycles. The van der Waals surface area contributed by atoms with Crippen molar-refractivity contribution in [1.82, 2.24) is 0 Å². The molecule has 17 heavy (non-hydrogen) atoms. The first kappa shape index (κ1) is 13.2. The molecule has 0 radical (unpaired) electrons. The Morgan fingerprint density at radius 2 is 1.88 bits per heavy atom. The molecule has 1 aromatic carbocycles. The highest BCUT2D eigenvalue weighted by Crippen LogP contribution is 2.29. The van der Waals surface area contributed by atoms with Gasteiger partial charge in [0.1, 0.15) is 5.75 Å². The summed E-state index contributed by atoms with van der Waals surface area (Å²) in [5.74, 6) is -2.19. The molecular weight excluding hydrogens is 249 g/mol. The van der Waals surface area contributed by atoms with E-state index < -0.39 is 35.6 Å². The highest BCUT2D eigenvalue weighted by Gasteiger charge is 2.33. The predicted octanol–water partition coefficient (Wildman–Crippen LogP) is 2.62. The second-order valence-electron chi connectivity index (χ2n) is 2.97. The molecule has 0 saturated heterocycles. The summed E-state index contributed by atoms with van der Waals surface area (Å²) < 4.78 is 63.8. The molecule has 0 atom stereocenters. The van der Waals surface area contributed by atoms with Gasteiger partial charge < -0.3 is 10.5 Å². The lowest BCUT2D eigenvalue weighted by atomic mass is 10.1. The topological polar surface area (TPSA) is 52.3 Å². The van der Waals surface area contributed by atoms with Crippen molar-refractivity contribution in [3.05, 3.63) is 29.3 Å². The van der Waals surface area contributed by atoms with Gasteiger partial charge in [-0.05, 0) is 18.2 Å². The summed E-state index contributed by atoms with van der Waals surface area (Å²) >= 11 is 0. The van der Waals surface area contributed by atoms with Crippen LogP contribution in [0.25, 0.3) is 0 Å². The van der Waals surface area contributed by atoms with E-state index in [-0.39, 0.29) is 0 Å². The van der Waals surface area contributed by atoms with Gasteiger partial charge in [-0.25, -0.2) is 8.78 Å². The van der Waals surface area contributed by atoms with Gasteiger partial charge in [-0.1, -0.05) is 0 Å². The molecule has 0 heterocycles. The van der Waals surface area contributed by atoms with Gasteiger partial charge >= 0.3 is 6.36 Å². The average Bonchev–Trinajstić information content (AvgIpc) is 2.14. The molecule has 1 amide bonds. The van der Waals surface area contributed by atoms with Crippen LogP contribution in [0.1, 0.15) is 22.3 Å². The van der Waals surface area contributed by atoms with Crippen molar-refractivity contribution < 1.29 is 31.5 Å². The largest absolute Gasteiger partial charge is 0.573 e. The van der Waals surface area contributed by atoms with E-state index in [0.29, 0.717) is 12.1 Å². The zero-order valence-corrected chi connectivity index (χ0v) is 8.09. The standard InChI is InChI=1S/C9H6F5NO2/c10-7(11)4-1-2-6(17-9(12,13)14)5(3-4)8(15)16/h1-3,7H,(H2,15,16). The molecule has 0 aliphatic carbocycles. The molecular formula is C9H6F5NO2. The molecule has 0 aliphatic heterocycles. The Morgan fingerprint density at radius 1 is 1.29 bits per heavy atom. The van der Waals surface area contributed by atoms with Gasteiger partial charge in [-0.2, -0.15) is 0 Å². The lowest BCUT2D eigenvalue weighted by Gasteiger charge is -2.12. The fraction of sp³-hybridized carbons (Fsp3) is 0.222. The number of carbonyl (C=O) groups is 1. The molecule has 0 unspecified atom stereocenters. The zero-order valence-electron chi connectivity index (χ0n) is 8.09. The number of rotatable bonds is 3. The predicted molar refractivity (Wildman–Crippen MR) is 46.6 cm³/mol. The first-order chi connectivity index (χ1) is 7.70. The van der Waals surface area contributed by atoms with Crippen LogP contribution in [0, 0.1) is 0 Å². The Balaban J connectivity index is 3.18. The van der Waals surface area contributed by atoms with E-state index in [1.807, 2.05) is 0 Å². The van der Waals surface area contributed by atoms with Crippen LogP contribution in [-0.4, -0.2) is 12.3 Å². The SMILES string of the molecule is NC(=O)c1cc(C(F)F)ccc1OC(F)(F)F. The molecule has 1 aromatic rings. The molecule has 0 bridgehead atoms. The van der Waals surface area contributed by atoms with E-state index >= 15 is 0 Å². The Morgan fingerprint density at radius 3 is 2.29 bits per heavy atom. The third kappa shape index (κ3) is 3.58. The third-order valence-corrected chi connectivity index (χ3v) is 1.75. The van der Waals surface area contributed by atoms with Gasteiger partial charge in [0.2, 0.25) is 0 Å². The van der Waals surface area contributed by atoms with Crippen molar-refractivity contribution in [3.63, 3.8) is 0 Å². The second-order valence-corrected chi connectivity index (χ2v) is 2.97. The van der Waals surface area contributed by atoms with Crippen molar-refractivity contribution >= 4 is 5.91 Å². The molecule has 2 N–H and O–H groups in total. The van der Waals surface area contributed by atoms with Gasteiger partial charge in [-0.15, -0.1) is 13.2 Å². The van der Waals surface area contributed by atoms with Gasteiger partial charge in [0.25, 0.3) is 12.3 Å². The molecule has 1 rings (SSSR count). The summed E-state index contributed by atoms with van der Waals surface area (Å²) in [5, 5.41) is 0. The number of alkyl halides is 5. The number of amides is 1. The van der Waals surface area contributed by atoms with Crippen LogP contribution in [-0.2, 0) is 0 Å². The lowest BCUT2D eigenvalue weighted by Crippen LogP contribution is -2.21. The summed E-state index contributed by atoms with van der Waals surface area (Å²) in [6.45, 7) is 0. The molecule has 8 heteroatoms. The number of ether oxygens (including phenoxy) is 1. The van der Waals surface area contributed by atoms with Crippen molar-refractivity contribution in [3.8, 4) is 5.75 Å². The maximum atomic E-state index is 12.3. The van der Waals surface area contributed by atoms with Crippen LogP contribution in [0.4, 0.5) is 22.0 Å². The highest BCUT2D eigenvalue weighted by atomic mass is 19.4. The monoisotopic (exact) mass is 255 g/mol.